The van der Waals surface area contributed by atoms with Crippen LogP contribution in [-0.4, -0.2) is 49.7 Å². The maximum Gasteiger partial charge on any atom is 0.290 e. The molecule has 1 amide bonds. The number of morpholine rings is 1. The van der Waals surface area contributed by atoms with E-state index < -0.39 is 0 Å². The van der Waals surface area contributed by atoms with Gasteiger partial charge in [0.2, 0.25) is 5.91 Å². The summed E-state index contributed by atoms with van der Waals surface area (Å²) in [5.41, 5.74) is 5.42. The Morgan fingerprint density at radius 3 is 2.93 bits per heavy atom. The lowest BCUT2D eigenvalue weighted by molar-refractivity contribution is -0.118. The van der Waals surface area contributed by atoms with E-state index in [1.54, 1.807) is 0 Å². The second-order valence-electron chi connectivity index (χ2n) is 7.91. The molecule has 1 saturated heterocycles. The Balaban J connectivity index is 1.22. The lowest BCUT2D eigenvalue weighted by Crippen LogP contribution is -2.41. The lowest BCUT2D eigenvalue weighted by Gasteiger charge is -2.26. The van der Waals surface area contributed by atoms with Crippen LogP contribution in [0, 0.1) is 0 Å². The van der Waals surface area contributed by atoms with Gasteiger partial charge in [-0.2, -0.15) is 0 Å². The van der Waals surface area contributed by atoms with Gasteiger partial charge in [0, 0.05) is 30.0 Å². The molecular weight excluding hydrogens is 380 g/mol. The zero-order valence-electron chi connectivity index (χ0n) is 16.9. The second-order valence-corrected chi connectivity index (χ2v) is 7.91. The van der Waals surface area contributed by atoms with E-state index in [1.807, 2.05) is 18.2 Å². The summed E-state index contributed by atoms with van der Waals surface area (Å²) in [7, 11) is 0. The molecule has 1 unspecified atom stereocenters. The van der Waals surface area contributed by atoms with Crippen LogP contribution < -0.4 is 10.6 Å². The average Bonchev–Trinajstić information content (AvgIpc) is 3.17. The van der Waals surface area contributed by atoms with Crippen molar-refractivity contribution in [3.05, 3.63) is 59.2 Å². The molecule has 0 saturated carbocycles. The predicted molar refractivity (Wildman–Crippen MR) is 116 cm³/mol. The van der Waals surface area contributed by atoms with Crippen LogP contribution in [0.1, 0.15) is 29.2 Å². The normalized spacial score (nSPS) is 22.0. The van der Waals surface area contributed by atoms with E-state index in [-0.39, 0.29) is 11.9 Å². The molecule has 2 heterocycles. The number of hydrogen-bond acceptors (Lipinski definition) is 5. The number of hydrogen-bond donors (Lipinski definition) is 2. The highest BCUT2D eigenvalue weighted by Gasteiger charge is 2.24. The van der Waals surface area contributed by atoms with Crippen LogP contribution in [0.15, 0.2) is 47.5 Å². The number of benzene rings is 2. The second kappa shape index (κ2) is 8.45. The molecule has 0 radical (unpaired) electrons. The standard InChI is InChI=1S/C23H26N4O3/c28-22(14-27-9-11-29-12-10-27)24-18-6-8-20-17(13-18)15-30-23(25-20)26-21-7-5-16-3-1-2-4-19(16)21/h1-4,6,8,13,21H,5,7,9-12,14-15H2,(H,24,28)(H,25,26). The molecule has 156 valence electrons. The zero-order chi connectivity index (χ0) is 20.3. The molecule has 2 aromatic rings. The van der Waals surface area contributed by atoms with Crippen LogP contribution in [0.5, 0.6) is 0 Å². The number of nitrogens with zero attached hydrogens (tertiary/aromatic N) is 2. The van der Waals surface area contributed by atoms with Crippen molar-refractivity contribution in [2.45, 2.75) is 25.5 Å². The van der Waals surface area contributed by atoms with Crippen LogP contribution >= 0.6 is 0 Å². The monoisotopic (exact) mass is 406 g/mol. The fraction of sp³-hybridized carbons (Fsp3) is 0.391. The zero-order valence-corrected chi connectivity index (χ0v) is 16.9. The number of carbonyl (C=O) groups is 1. The van der Waals surface area contributed by atoms with Crippen molar-refractivity contribution in [1.29, 1.82) is 0 Å². The Morgan fingerprint density at radius 1 is 1.17 bits per heavy atom. The minimum Gasteiger partial charge on any atom is -0.460 e. The number of fused-ring (bicyclic) bond motifs is 2. The molecular formula is C23H26N4O3. The van der Waals surface area contributed by atoms with Gasteiger partial charge in [0.1, 0.15) is 6.61 Å². The molecule has 7 nitrogen and oxygen atoms in total. The fourth-order valence-electron chi connectivity index (χ4n) is 4.25. The summed E-state index contributed by atoms with van der Waals surface area (Å²) in [5, 5.41) is 6.28. The Hall–Kier alpha value is -2.90. The quantitative estimate of drug-likeness (QED) is 0.817. The molecule has 1 fully saturated rings. The van der Waals surface area contributed by atoms with E-state index in [1.165, 1.54) is 11.1 Å². The number of carbonyl (C=O) groups excluding carboxylic acids is 1. The van der Waals surface area contributed by atoms with Crippen molar-refractivity contribution >= 4 is 23.3 Å². The van der Waals surface area contributed by atoms with Crippen molar-refractivity contribution in [2.75, 3.05) is 43.5 Å². The molecule has 0 bridgehead atoms. The number of aliphatic imine (C=N–C) groups is 1. The summed E-state index contributed by atoms with van der Waals surface area (Å²) in [6.45, 7) is 3.78. The number of rotatable bonds is 4. The largest absolute Gasteiger partial charge is 0.460 e. The number of aryl methyl sites for hydroxylation is 1. The third-order valence-corrected chi connectivity index (χ3v) is 5.84. The molecule has 7 heteroatoms. The van der Waals surface area contributed by atoms with Gasteiger partial charge in [0.25, 0.3) is 6.02 Å². The predicted octanol–water partition coefficient (Wildman–Crippen LogP) is 2.94. The minimum atomic E-state index is -0.0105. The smallest absolute Gasteiger partial charge is 0.290 e. The van der Waals surface area contributed by atoms with Crippen molar-refractivity contribution < 1.29 is 14.3 Å². The van der Waals surface area contributed by atoms with Crippen molar-refractivity contribution in [3.63, 3.8) is 0 Å². The third kappa shape index (κ3) is 4.17. The van der Waals surface area contributed by atoms with E-state index in [0.29, 0.717) is 32.4 Å². The number of amidine groups is 1. The van der Waals surface area contributed by atoms with Crippen LogP contribution in [-0.2, 0) is 27.3 Å². The summed E-state index contributed by atoms with van der Waals surface area (Å²) in [6.07, 6.45) is 2.07. The summed E-state index contributed by atoms with van der Waals surface area (Å²) >= 11 is 0. The average molecular weight is 406 g/mol. The number of amides is 1. The highest BCUT2D eigenvalue weighted by Crippen LogP contribution is 2.34. The molecule has 1 aliphatic carbocycles. The van der Waals surface area contributed by atoms with E-state index >= 15 is 0 Å². The van der Waals surface area contributed by atoms with E-state index in [2.05, 4.69) is 39.8 Å². The summed E-state index contributed by atoms with van der Waals surface area (Å²) < 4.78 is 11.2. The van der Waals surface area contributed by atoms with Crippen molar-refractivity contribution in [2.24, 2.45) is 4.99 Å². The van der Waals surface area contributed by atoms with Gasteiger partial charge < -0.3 is 20.1 Å². The number of ether oxygens (including phenoxy) is 2. The van der Waals surface area contributed by atoms with E-state index in [4.69, 9.17) is 14.5 Å². The summed E-state index contributed by atoms with van der Waals surface area (Å²) in [5.74, 6) is -0.0105. The van der Waals surface area contributed by atoms with Crippen LogP contribution in [0.25, 0.3) is 0 Å². The van der Waals surface area contributed by atoms with Gasteiger partial charge in [-0.3, -0.25) is 9.69 Å². The van der Waals surface area contributed by atoms with Gasteiger partial charge in [-0.05, 0) is 42.2 Å². The number of nitrogens with one attached hydrogen (secondary N) is 2. The van der Waals surface area contributed by atoms with Crippen molar-refractivity contribution in [3.8, 4) is 0 Å². The molecule has 1 atom stereocenters. The number of anilines is 2. The summed E-state index contributed by atoms with van der Waals surface area (Å²) in [4.78, 5) is 19.2. The van der Waals surface area contributed by atoms with Crippen LogP contribution in [0.3, 0.4) is 0 Å². The molecule has 2 aliphatic heterocycles. The molecule has 3 aliphatic rings. The molecule has 2 aromatic carbocycles. The van der Waals surface area contributed by atoms with Gasteiger partial charge in [0.15, 0.2) is 0 Å². The Bertz CT molecular complexity index is 969. The van der Waals surface area contributed by atoms with Crippen LogP contribution in [0.2, 0.25) is 0 Å². The van der Waals surface area contributed by atoms with Gasteiger partial charge in [-0.15, -0.1) is 0 Å². The Kier molecular flexibility index (Phi) is 5.38. The minimum absolute atomic E-state index is 0.0105. The molecule has 30 heavy (non-hydrogen) atoms. The van der Waals surface area contributed by atoms with E-state index in [0.717, 1.165) is 42.9 Å². The van der Waals surface area contributed by atoms with Gasteiger partial charge in [0.05, 0.1) is 25.8 Å². The van der Waals surface area contributed by atoms with Crippen LogP contribution in [0.4, 0.5) is 11.4 Å². The first-order valence-corrected chi connectivity index (χ1v) is 10.5. The Morgan fingerprint density at radius 2 is 2.03 bits per heavy atom. The maximum atomic E-state index is 12.3. The fourth-order valence-corrected chi connectivity index (χ4v) is 4.25. The molecule has 0 aromatic heterocycles. The van der Waals surface area contributed by atoms with Gasteiger partial charge >= 0.3 is 0 Å². The Labute approximate surface area is 176 Å². The topological polar surface area (TPSA) is 75.2 Å². The highest BCUT2D eigenvalue weighted by molar-refractivity contribution is 5.95. The summed E-state index contributed by atoms with van der Waals surface area (Å²) in [6, 6.07) is 15.0. The van der Waals surface area contributed by atoms with E-state index in [9.17, 15) is 4.79 Å². The van der Waals surface area contributed by atoms with Gasteiger partial charge in [-0.25, -0.2) is 4.99 Å². The SMILES string of the molecule is O=C(CN1CCOCC1)Nc1ccc2c(c1)COC(=NC1CCc3ccccc31)N2. The molecule has 0 spiro atoms. The first kappa shape index (κ1) is 19.1. The highest BCUT2D eigenvalue weighted by atomic mass is 16.5. The lowest BCUT2D eigenvalue weighted by atomic mass is 10.1. The molecule has 2 N–H and O–H groups in total. The first-order valence-electron chi connectivity index (χ1n) is 10.5. The van der Waals surface area contributed by atoms with Gasteiger partial charge in [-0.1, -0.05) is 24.3 Å². The maximum absolute atomic E-state index is 12.3. The van der Waals surface area contributed by atoms with Crippen molar-refractivity contribution in [1.82, 2.24) is 4.90 Å². The molecule has 5 rings (SSSR count). The third-order valence-electron chi connectivity index (χ3n) is 5.84. The first-order chi connectivity index (χ1) is 14.7.